The summed E-state index contributed by atoms with van der Waals surface area (Å²) in [7, 11) is 0. The van der Waals surface area contributed by atoms with E-state index in [9.17, 15) is 0 Å². The van der Waals surface area contributed by atoms with Gasteiger partial charge in [-0.2, -0.15) is 109 Å². The van der Waals surface area contributed by atoms with Crippen LogP contribution in [0.4, 0.5) is 0 Å². The van der Waals surface area contributed by atoms with Crippen LogP contribution in [0.5, 0.6) is 0 Å². The third-order valence-electron chi connectivity index (χ3n) is 4.42. The van der Waals surface area contributed by atoms with Crippen LogP contribution in [0.2, 0.25) is 0 Å². The van der Waals surface area contributed by atoms with Crippen LogP contribution in [-0.4, -0.2) is 4.21 Å². The van der Waals surface area contributed by atoms with Crippen molar-refractivity contribution in [2.24, 2.45) is 0 Å². The molecule has 4 aromatic carbocycles. The van der Waals surface area contributed by atoms with Gasteiger partial charge in [0.2, 0.25) is 0 Å². The molecule has 3 heteroatoms. The third-order valence-corrected chi connectivity index (χ3v) is 4.42. The maximum atomic E-state index is 3.34. The van der Waals surface area contributed by atoms with Crippen molar-refractivity contribution in [2.75, 3.05) is 0 Å². The number of benzene rings is 4. The molecule has 0 amide bonds. The summed E-state index contributed by atoms with van der Waals surface area (Å²) in [6.45, 7) is 0. The van der Waals surface area contributed by atoms with E-state index in [1.165, 1.54) is 46.5 Å². The van der Waals surface area contributed by atoms with Gasteiger partial charge in [-0.3, -0.25) is 6.08 Å². The van der Waals surface area contributed by atoms with Gasteiger partial charge in [0, 0.05) is 0 Å². The fraction of sp³-hybridized carbons (Fsp3) is 0.0645. The molecule has 34 heavy (non-hydrogen) atoms. The summed E-state index contributed by atoms with van der Waals surface area (Å²) in [6.07, 6.45) is 11.0. The van der Waals surface area contributed by atoms with Crippen LogP contribution < -0.4 is 0 Å². The fourth-order valence-electron chi connectivity index (χ4n) is 3.02. The van der Waals surface area contributed by atoms with Gasteiger partial charge in [0.15, 0.2) is 0 Å². The van der Waals surface area contributed by atoms with Crippen LogP contribution >= 0.6 is 24.8 Å². The summed E-state index contributed by atoms with van der Waals surface area (Å²) in [5, 5.41) is 0. The van der Waals surface area contributed by atoms with E-state index < -0.39 is 0 Å². The Morgan fingerprint density at radius 1 is 0.647 bits per heavy atom. The molecule has 2 aliphatic carbocycles. The first kappa shape index (κ1) is 31.7. The van der Waals surface area contributed by atoms with Crippen molar-refractivity contribution in [1.82, 2.24) is 0 Å². The van der Waals surface area contributed by atoms with Gasteiger partial charge in [-0.25, -0.2) is 12.2 Å². The molecular weight excluding hydrogens is 534 g/mol. The van der Waals surface area contributed by atoms with Gasteiger partial charge < -0.3 is 0 Å². The number of halogens is 2. The zero-order valence-electron chi connectivity index (χ0n) is 19.0. The Bertz CT molecular complexity index is 922. The molecule has 0 radical (unpaired) electrons. The normalized spacial score (nSPS) is 10.2. The van der Waals surface area contributed by atoms with E-state index in [1.807, 2.05) is 78.9 Å². The molecule has 2 aliphatic rings. The predicted octanol–water partition coefficient (Wildman–Crippen LogP) is 8.15. The molecule has 0 saturated carbocycles. The van der Waals surface area contributed by atoms with Gasteiger partial charge >= 0.3 is 28.4 Å². The van der Waals surface area contributed by atoms with E-state index in [2.05, 4.69) is 71.0 Å². The van der Waals surface area contributed by atoms with Gasteiger partial charge in [0.1, 0.15) is 0 Å². The molecule has 4 aromatic rings. The summed E-state index contributed by atoms with van der Waals surface area (Å²) < 4.78 is 3.34. The quantitative estimate of drug-likeness (QED) is 0.167. The van der Waals surface area contributed by atoms with Crippen molar-refractivity contribution in [1.29, 1.82) is 0 Å². The van der Waals surface area contributed by atoms with E-state index in [1.54, 1.807) is 0 Å². The second-order valence-corrected chi connectivity index (χ2v) is 6.55. The molecule has 0 fully saturated rings. The summed E-state index contributed by atoms with van der Waals surface area (Å²) in [4.78, 5) is 0. The van der Waals surface area contributed by atoms with Crippen molar-refractivity contribution in [3.05, 3.63) is 157 Å². The van der Waals surface area contributed by atoms with Crippen molar-refractivity contribution in [2.45, 2.75) is 12.8 Å². The summed E-state index contributed by atoms with van der Waals surface area (Å²) >= 11 is 1.30. The first-order valence-electron chi connectivity index (χ1n) is 10.4. The Morgan fingerprint density at radius 2 is 1.24 bits per heavy atom. The predicted molar refractivity (Wildman–Crippen MR) is 147 cm³/mol. The molecule has 0 aromatic heterocycles. The van der Waals surface area contributed by atoms with Crippen LogP contribution in [0.3, 0.4) is 0 Å². The molecule has 0 heterocycles. The molecule has 0 aliphatic heterocycles. The molecule has 0 saturated heterocycles. The molecular formula is C31H28Cl2Zr-4. The first-order chi connectivity index (χ1) is 15.9. The minimum Gasteiger partial charge on any atom is -0.184 e. The zero-order valence-corrected chi connectivity index (χ0v) is 23.1. The summed E-state index contributed by atoms with van der Waals surface area (Å²) in [5.41, 5.74) is 5.51. The van der Waals surface area contributed by atoms with Crippen LogP contribution in [0, 0.1) is 24.3 Å². The van der Waals surface area contributed by atoms with Gasteiger partial charge in [-0.15, -0.1) is 36.8 Å². The minimum atomic E-state index is 0. The Morgan fingerprint density at radius 3 is 1.68 bits per heavy atom. The average molecular weight is 563 g/mol. The smallest absolute Gasteiger partial charge is 0.0253 e. The Balaban J connectivity index is 0.000000444. The molecule has 174 valence electrons. The number of fused-ring (bicyclic) bond motifs is 3. The van der Waals surface area contributed by atoms with Crippen molar-refractivity contribution in [3.63, 3.8) is 0 Å². The maximum absolute atomic E-state index is 3.34. The van der Waals surface area contributed by atoms with Gasteiger partial charge in [-0.05, 0) is 6.42 Å². The van der Waals surface area contributed by atoms with E-state index in [0.717, 1.165) is 12.8 Å². The van der Waals surface area contributed by atoms with Gasteiger partial charge in [0.25, 0.3) is 0 Å². The molecule has 0 N–H and O–H groups in total. The second kappa shape index (κ2) is 21.2. The Labute approximate surface area is 232 Å². The standard InChI is InChI=1S/C13H9.2C6H5.C5H5.CH2.2ClH.Zr/c1-3-7-12-10(5-1)9-11-6-2-4-8-13(11)12;2*1-2-4-6-5-3-1;1-2-4-5-3-1;;;;/h1-5,7-8H,9H2;2*1-5H;1-3H,4H2;1H2;2*1H;/q4*-1;;;;. The van der Waals surface area contributed by atoms with E-state index in [-0.39, 0.29) is 24.8 Å². The fourth-order valence-corrected chi connectivity index (χ4v) is 3.02. The monoisotopic (exact) mass is 560 g/mol. The summed E-state index contributed by atoms with van der Waals surface area (Å²) in [5.74, 6) is 0. The molecule has 6 rings (SSSR count). The number of hydrogen-bond acceptors (Lipinski definition) is 0. The van der Waals surface area contributed by atoms with Crippen molar-refractivity contribution in [3.8, 4) is 11.1 Å². The van der Waals surface area contributed by atoms with Crippen LogP contribution in [-0.2, 0) is 30.7 Å². The third kappa shape index (κ3) is 12.2. The van der Waals surface area contributed by atoms with E-state index in [0.29, 0.717) is 0 Å². The molecule has 0 nitrogen and oxygen atoms in total. The average Bonchev–Trinajstić information content (AvgIpc) is 3.60. The maximum Gasteiger partial charge on any atom is -0.0253 e. The molecule has 0 unspecified atom stereocenters. The Hall–Kier alpha value is -2.31. The topological polar surface area (TPSA) is 0 Å². The van der Waals surface area contributed by atoms with E-state index in [4.69, 9.17) is 0 Å². The summed E-state index contributed by atoms with van der Waals surface area (Å²) in [6, 6.07) is 43.1. The number of rotatable bonds is 0. The van der Waals surface area contributed by atoms with Crippen molar-refractivity contribution >= 4 is 29.0 Å². The van der Waals surface area contributed by atoms with Crippen LogP contribution in [0.25, 0.3) is 11.1 Å². The Kier molecular flexibility index (Phi) is 19.8. The minimum absolute atomic E-state index is 0. The van der Waals surface area contributed by atoms with Crippen molar-refractivity contribution < 1.29 is 24.2 Å². The largest absolute Gasteiger partial charge is 0.184 e. The molecule has 0 spiro atoms. The van der Waals surface area contributed by atoms with E-state index >= 15 is 0 Å². The van der Waals surface area contributed by atoms with Gasteiger partial charge in [0.05, 0.1) is 0 Å². The van der Waals surface area contributed by atoms with Crippen LogP contribution in [0.1, 0.15) is 17.5 Å². The molecule has 0 atom stereocenters. The SMILES string of the molecule is Cl.Cl.[C-]1=CC=CC1.[CH2]=[Zr].[c-]1cccc2c1Cc1ccccc1-2.[c-]1ccccc1.[c-]1ccccc1. The number of allylic oxidation sites excluding steroid dienone is 4. The van der Waals surface area contributed by atoms with Gasteiger partial charge in [-0.1, -0.05) is 35.4 Å². The number of hydrogen-bond donors (Lipinski definition) is 0. The zero-order chi connectivity index (χ0) is 22.7. The van der Waals surface area contributed by atoms with Crippen LogP contribution in [0.15, 0.2) is 121 Å². The first-order valence-corrected chi connectivity index (χ1v) is 12.2. The second-order valence-electron chi connectivity index (χ2n) is 6.55. The molecule has 0 bridgehead atoms.